The minimum Gasteiger partial charge on any atom is -0.497 e. The van der Waals surface area contributed by atoms with E-state index in [1.54, 1.807) is 7.11 Å². The topological polar surface area (TPSA) is 72.3 Å². The van der Waals surface area contributed by atoms with Crippen LogP contribution in [-0.4, -0.2) is 51.5 Å². The maximum absolute atomic E-state index is 12.6. The first kappa shape index (κ1) is 22.4. The van der Waals surface area contributed by atoms with E-state index in [-0.39, 0.29) is 11.7 Å². The molecule has 0 aliphatic carbocycles. The normalized spacial score (nSPS) is 13.9. The van der Waals surface area contributed by atoms with Crippen molar-refractivity contribution in [1.82, 2.24) is 25.0 Å². The Labute approximate surface area is 193 Å². The first-order chi connectivity index (χ1) is 15.6. The largest absolute Gasteiger partial charge is 0.497 e. The lowest BCUT2D eigenvalue weighted by Gasteiger charge is -2.17. The van der Waals surface area contributed by atoms with Gasteiger partial charge in [0.1, 0.15) is 11.6 Å². The molecule has 1 aliphatic heterocycles. The number of likely N-dealkylation sites (tertiary alicyclic amines) is 1. The molecule has 7 nitrogen and oxygen atoms in total. The van der Waals surface area contributed by atoms with Crippen LogP contribution in [0.4, 0.5) is 0 Å². The summed E-state index contributed by atoms with van der Waals surface area (Å²) in [5, 5.41) is 12.2. The molecule has 0 atom stereocenters. The van der Waals surface area contributed by atoms with E-state index < -0.39 is 0 Å². The van der Waals surface area contributed by atoms with Crippen LogP contribution in [0.15, 0.2) is 53.7 Å². The fourth-order valence-electron chi connectivity index (χ4n) is 3.91. The molecule has 0 bridgehead atoms. The Balaban J connectivity index is 1.34. The van der Waals surface area contributed by atoms with E-state index in [1.807, 2.05) is 41.8 Å². The van der Waals surface area contributed by atoms with Crippen molar-refractivity contribution in [2.45, 2.75) is 38.0 Å². The van der Waals surface area contributed by atoms with E-state index in [9.17, 15) is 4.79 Å². The van der Waals surface area contributed by atoms with E-state index in [4.69, 9.17) is 4.74 Å². The number of thioether (sulfide) groups is 1. The molecule has 0 unspecified atom stereocenters. The van der Waals surface area contributed by atoms with Crippen LogP contribution in [0.25, 0.3) is 5.69 Å². The highest BCUT2D eigenvalue weighted by Gasteiger charge is 2.15. The summed E-state index contributed by atoms with van der Waals surface area (Å²) >= 11 is 1.38. The summed E-state index contributed by atoms with van der Waals surface area (Å²) in [7, 11) is 1.64. The zero-order valence-electron chi connectivity index (χ0n) is 18.6. The highest BCUT2D eigenvalue weighted by Crippen LogP contribution is 2.23. The smallest absolute Gasteiger partial charge is 0.230 e. The number of rotatable bonds is 9. The van der Waals surface area contributed by atoms with Crippen LogP contribution in [0.3, 0.4) is 0 Å². The Bertz CT molecular complexity index is 1040. The third kappa shape index (κ3) is 5.49. The zero-order chi connectivity index (χ0) is 22.3. The lowest BCUT2D eigenvalue weighted by atomic mass is 10.1. The Hall–Kier alpha value is -2.84. The minimum absolute atomic E-state index is 0.0205. The molecule has 2 heterocycles. The molecular weight excluding hydrogens is 422 g/mol. The van der Waals surface area contributed by atoms with Crippen LogP contribution in [0.5, 0.6) is 5.75 Å². The van der Waals surface area contributed by atoms with Crippen molar-refractivity contribution in [3.8, 4) is 11.4 Å². The number of nitrogens with one attached hydrogen (secondary N) is 1. The predicted octanol–water partition coefficient (Wildman–Crippen LogP) is 3.59. The van der Waals surface area contributed by atoms with Crippen LogP contribution in [0.1, 0.15) is 29.8 Å². The number of amides is 1. The van der Waals surface area contributed by atoms with Crippen molar-refractivity contribution in [1.29, 1.82) is 0 Å². The Morgan fingerprint density at radius 1 is 1.06 bits per heavy atom. The number of methoxy groups -OCH3 is 1. The van der Waals surface area contributed by atoms with Gasteiger partial charge in [0.15, 0.2) is 5.16 Å². The number of aromatic nitrogens is 3. The van der Waals surface area contributed by atoms with Crippen LogP contribution >= 0.6 is 11.8 Å². The Morgan fingerprint density at radius 3 is 2.50 bits per heavy atom. The van der Waals surface area contributed by atoms with Gasteiger partial charge >= 0.3 is 0 Å². The predicted molar refractivity (Wildman–Crippen MR) is 126 cm³/mol. The molecule has 168 valence electrons. The number of aryl methyl sites for hydroxylation is 1. The van der Waals surface area contributed by atoms with Gasteiger partial charge in [-0.3, -0.25) is 14.3 Å². The van der Waals surface area contributed by atoms with E-state index in [1.165, 1.54) is 35.7 Å². The van der Waals surface area contributed by atoms with Gasteiger partial charge in [0.2, 0.25) is 5.91 Å². The average Bonchev–Trinajstić information content (AvgIpc) is 3.46. The van der Waals surface area contributed by atoms with Gasteiger partial charge < -0.3 is 10.1 Å². The second-order valence-electron chi connectivity index (χ2n) is 7.88. The summed E-state index contributed by atoms with van der Waals surface area (Å²) in [6.45, 7) is 5.70. The third-order valence-electron chi connectivity index (χ3n) is 5.65. The number of nitrogens with zero attached hydrogens (tertiary/aromatic N) is 4. The SMILES string of the molecule is COc1ccc(-n2c(C)nnc2SCC(=O)NCc2ccccc2CN2CCCC2)cc1. The van der Waals surface area contributed by atoms with Gasteiger partial charge in [-0.05, 0) is 68.2 Å². The number of ether oxygens (including phenoxy) is 1. The standard InChI is InChI=1S/C24H29N5O2S/c1-18-26-27-24(29(18)21-9-11-22(31-2)12-10-21)32-17-23(30)25-15-19-7-3-4-8-20(19)16-28-13-5-6-14-28/h3-4,7-12H,5-6,13-17H2,1-2H3,(H,25,30). The summed E-state index contributed by atoms with van der Waals surface area (Å²) in [4.78, 5) is 15.0. The summed E-state index contributed by atoms with van der Waals surface area (Å²) in [6, 6.07) is 16.1. The molecule has 1 fully saturated rings. The molecule has 1 amide bonds. The van der Waals surface area contributed by atoms with Gasteiger partial charge in [-0.2, -0.15) is 0 Å². The summed E-state index contributed by atoms with van der Waals surface area (Å²) in [5.41, 5.74) is 3.40. The molecule has 0 saturated carbocycles. The number of carbonyl (C=O) groups excluding carboxylic acids is 1. The second kappa shape index (κ2) is 10.7. The molecule has 0 radical (unpaired) electrons. The van der Waals surface area contributed by atoms with Crippen LogP contribution in [0.2, 0.25) is 0 Å². The molecule has 0 spiro atoms. The molecule has 32 heavy (non-hydrogen) atoms. The van der Waals surface area contributed by atoms with Gasteiger partial charge in [0.25, 0.3) is 0 Å². The lowest BCUT2D eigenvalue weighted by Crippen LogP contribution is -2.26. The number of benzene rings is 2. The molecule has 3 aromatic rings. The zero-order valence-corrected chi connectivity index (χ0v) is 19.4. The quantitative estimate of drug-likeness (QED) is 0.502. The minimum atomic E-state index is -0.0205. The fourth-order valence-corrected chi connectivity index (χ4v) is 4.73. The number of hydrogen-bond donors (Lipinski definition) is 1. The second-order valence-corrected chi connectivity index (χ2v) is 8.82. The van der Waals surface area contributed by atoms with E-state index in [2.05, 4.69) is 38.6 Å². The average molecular weight is 452 g/mol. The molecule has 2 aromatic carbocycles. The first-order valence-electron chi connectivity index (χ1n) is 10.9. The van der Waals surface area contributed by atoms with Crippen LogP contribution < -0.4 is 10.1 Å². The number of carbonyl (C=O) groups is 1. The summed E-state index contributed by atoms with van der Waals surface area (Å²) < 4.78 is 7.18. The highest BCUT2D eigenvalue weighted by atomic mass is 32.2. The van der Waals surface area contributed by atoms with Gasteiger partial charge in [-0.25, -0.2) is 0 Å². The van der Waals surface area contributed by atoms with Crippen molar-refractivity contribution in [3.63, 3.8) is 0 Å². The number of hydrogen-bond acceptors (Lipinski definition) is 6. The van der Waals surface area contributed by atoms with Gasteiger partial charge in [-0.1, -0.05) is 36.0 Å². The third-order valence-corrected chi connectivity index (χ3v) is 6.57. The van der Waals surface area contributed by atoms with Gasteiger partial charge in [-0.15, -0.1) is 10.2 Å². The molecule has 1 N–H and O–H groups in total. The van der Waals surface area contributed by atoms with E-state index >= 15 is 0 Å². The summed E-state index contributed by atoms with van der Waals surface area (Å²) in [6.07, 6.45) is 2.55. The van der Waals surface area contributed by atoms with Crippen molar-refractivity contribution >= 4 is 17.7 Å². The Morgan fingerprint density at radius 2 is 1.78 bits per heavy atom. The monoisotopic (exact) mass is 451 g/mol. The highest BCUT2D eigenvalue weighted by molar-refractivity contribution is 7.99. The molecular formula is C24H29N5O2S. The van der Waals surface area contributed by atoms with Crippen molar-refractivity contribution in [2.24, 2.45) is 0 Å². The molecule has 8 heteroatoms. The van der Waals surface area contributed by atoms with Crippen molar-refractivity contribution in [3.05, 3.63) is 65.5 Å². The maximum atomic E-state index is 12.6. The van der Waals surface area contributed by atoms with Gasteiger partial charge in [0.05, 0.1) is 12.9 Å². The molecule has 1 aromatic heterocycles. The fraction of sp³-hybridized carbons (Fsp3) is 0.375. The van der Waals surface area contributed by atoms with Gasteiger partial charge in [0, 0.05) is 18.8 Å². The van der Waals surface area contributed by atoms with E-state index in [0.717, 1.165) is 36.9 Å². The summed E-state index contributed by atoms with van der Waals surface area (Å²) in [5.74, 6) is 1.82. The molecule has 4 rings (SSSR count). The molecule has 1 saturated heterocycles. The first-order valence-corrected chi connectivity index (χ1v) is 11.9. The molecule has 1 aliphatic rings. The van der Waals surface area contributed by atoms with Crippen LogP contribution in [-0.2, 0) is 17.9 Å². The maximum Gasteiger partial charge on any atom is 0.230 e. The van der Waals surface area contributed by atoms with Crippen molar-refractivity contribution in [2.75, 3.05) is 26.0 Å². The lowest BCUT2D eigenvalue weighted by molar-refractivity contribution is -0.118. The van der Waals surface area contributed by atoms with Crippen molar-refractivity contribution < 1.29 is 9.53 Å². The van der Waals surface area contributed by atoms with E-state index in [0.29, 0.717) is 11.7 Å². The van der Waals surface area contributed by atoms with Crippen LogP contribution in [0, 0.1) is 6.92 Å². The Kier molecular flexibility index (Phi) is 7.44.